The molecule has 29 heavy (non-hydrogen) atoms. The van der Waals surface area contributed by atoms with E-state index in [0.717, 1.165) is 24.1 Å². The number of rotatable bonds is 6. The second-order valence-corrected chi connectivity index (χ2v) is 7.66. The van der Waals surface area contributed by atoms with Crippen molar-refractivity contribution in [3.63, 3.8) is 0 Å². The van der Waals surface area contributed by atoms with Crippen LogP contribution in [0, 0.1) is 0 Å². The number of aromatic amines is 1. The maximum atomic E-state index is 13.1. The summed E-state index contributed by atoms with van der Waals surface area (Å²) in [6.07, 6.45) is 0.699. The number of amides is 1. The van der Waals surface area contributed by atoms with Gasteiger partial charge in [-0.15, -0.1) is 0 Å². The minimum absolute atomic E-state index is 0.0104. The zero-order valence-electron chi connectivity index (χ0n) is 16.4. The lowest BCUT2D eigenvalue weighted by atomic mass is 10.0. The minimum atomic E-state index is -0.502. The van der Waals surface area contributed by atoms with Gasteiger partial charge in [0.15, 0.2) is 5.58 Å². The monoisotopic (exact) mass is 395 g/mol. The Kier molecular flexibility index (Phi) is 5.51. The zero-order valence-corrected chi connectivity index (χ0v) is 16.4. The lowest BCUT2D eigenvalue weighted by Gasteiger charge is -2.32. The van der Waals surface area contributed by atoms with Crippen LogP contribution >= 0.6 is 0 Å². The molecule has 0 aliphatic carbocycles. The molecule has 3 aromatic rings. The van der Waals surface area contributed by atoms with Crippen LogP contribution < -0.4 is 5.76 Å². The van der Waals surface area contributed by atoms with Crippen molar-refractivity contribution in [1.29, 1.82) is 0 Å². The predicted octanol–water partition coefficient (Wildman–Crippen LogP) is 1.93. The predicted molar refractivity (Wildman–Crippen MR) is 110 cm³/mol. The molecule has 2 aromatic carbocycles. The van der Waals surface area contributed by atoms with E-state index >= 15 is 0 Å². The van der Waals surface area contributed by atoms with E-state index in [-0.39, 0.29) is 24.5 Å². The molecule has 2 atom stereocenters. The van der Waals surface area contributed by atoms with Crippen molar-refractivity contribution in [1.82, 2.24) is 14.8 Å². The summed E-state index contributed by atoms with van der Waals surface area (Å²) in [5, 5.41) is 9.86. The minimum Gasteiger partial charge on any atom is -0.408 e. The molecule has 2 unspecified atom stereocenters. The molecule has 1 fully saturated rings. The van der Waals surface area contributed by atoms with Crippen molar-refractivity contribution in [3.05, 3.63) is 70.2 Å². The molecule has 7 nitrogen and oxygen atoms in total. The summed E-state index contributed by atoms with van der Waals surface area (Å²) in [6, 6.07) is 15.2. The van der Waals surface area contributed by atoms with Crippen LogP contribution in [-0.4, -0.2) is 58.6 Å². The number of oxazole rings is 1. The number of aliphatic hydroxyl groups is 1. The van der Waals surface area contributed by atoms with Crippen LogP contribution in [0.3, 0.4) is 0 Å². The van der Waals surface area contributed by atoms with Crippen molar-refractivity contribution >= 4 is 17.0 Å². The number of hydrogen-bond donors (Lipinski definition) is 2. The fourth-order valence-corrected chi connectivity index (χ4v) is 3.93. The summed E-state index contributed by atoms with van der Waals surface area (Å²) in [6.45, 7) is 2.14. The third-order valence-electron chi connectivity index (χ3n) is 5.56. The average Bonchev–Trinajstić information content (AvgIpc) is 3.30. The molecular formula is C22H25N3O4. The van der Waals surface area contributed by atoms with Gasteiger partial charge in [0.2, 0.25) is 5.91 Å². The maximum absolute atomic E-state index is 13.1. The van der Waals surface area contributed by atoms with Gasteiger partial charge in [0.1, 0.15) is 0 Å². The van der Waals surface area contributed by atoms with Crippen LogP contribution in [0.1, 0.15) is 23.6 Å². The second-order valence-electron chi connectivity index (χ2n) is 7.66. The maximum Gasteiger partial charge on any atom is 0.417 e. The van der Waals surface area contributed by atoms with Crippen LogP contribution in [0.2, 0.25) is 0 Å². The van der Waals surface area contributed by atoms with Crippen molar-refractivity contribution in [3.8, 4) is 0 Å². The number of fused-ring (bicyclic) bond motifs is 1. The van der Waals surface area contributed by atoms with Crippen molar-refractivity contribution in [2.75, 3.05) is 26.7 Å². The smallest absolute Gasteiger partial charge is 0.408 e. The van der Waals surface area contributed by atoms with E-state index in [1.165, 1.54) is 0 Å². The van der Waals surface area contributed by atoms with Gasteiger partial charge in [-0.3, -0.25) is 14.7 Å². The first-order valence-electron chi connectivity index (χ1n) is 9.82. The molecule has 1 aromatic heterocycles. The van der Waals surface area contributed by atoms with Gasteiger partial charge in [0.25, 0.3) is 0 Å². The first-order chi connectivity index (χ1) is 14.0. The molecule has 2 N–H and O–H groups in total. The average molecular weight is 395 g/mol. The molecule has 1 amide bonds. The number of likely N-dealkylation sites (N-methyl/N-ethyl adjacent to an activating group) is 1. The number of β-amino-alcohol motifs (C(OH)–C–C–N with tert-alkyl or cyclic N) is 1. The standard InChI is InChI=1S/C22H25N3O4/c1-24(21(27)12-15-7-8-20-18(11-15)23-22(28)29-20)19(16-5-3-2-4-6-16)14-25-10-9-17(26)13-25/h2-8,11,17,19,26H,9-10,12-14H2,1H3,(H,23,28). The number of H-pyrrole nitrogens is 1. The Labute approximate surface area is 168 Å². The number of likely N-dealkylation sites (tertiary alicyclic amines) is 1. The molecule has 0 saturated carbocycles. The number of aliphatic hydroxyl groups excluding tert-OH is 1. The van der Waals surface area contributed by atoms with E-state index in [1.54, 1.807) is 23.1 Å². The van der Waals surface area contributed by atoms with Crippen LogP contribution in [-0.2, 0) is 11.2 Å². The molecule has 152 valence electrons. The van der Waals surface area contributed by atoms with Gasteiger partial charge in [0, 0.05) is 26.7 Å². The number of nitrogens with one attached hydrogen (secondary N) is 1. The van der Waals surface area contributed by atoms with Gasteiger partial charge in [0.05, 0.1) is 24.1 Å². The van der Waals surface area contributed by atoms with Gasteiger partial charge in [-0.2, -0.15) is 0 Å². The van der Waals surface area contributed by atoms with Crippen LogP contribution in [0.15, 0.2) is 57.7 Å². The Morgan fingerprint density at radius 2 is 2.10 bits per heavy atom. The third kappa shape index (κ3) is 4.41. The third-order valence-corrected chi connectivity index (χ3v) is 5.56. The highest BCUT2D eigenvalue weighted by Crippen LogP contribution is 2.24. The molecule has 1 saturated heterocycles. The van der Waals surface area contributed by atoms with Gasteiger partial charge < -0.3 is 14.4 Å². The van der Waals surface area contributed by atoms with Gasteiger partial charge in [-0.25, -0.2) is 4.79 Å². The largest absolute Gasteiger partial charge is 0.417 e. The van der Waals surface area contributed by atoms with E-state index in [2.05, 4.69) is 9.88 Å². The molecule has 1 aliphatic rings. The fraction of sp³-hybridized carbons (Fsp3) is 0.364. The molecule has 0 bridgehead atoms. The molecule has 0 spiro atoms. The Bertz CT molecular complexity index is 1040. The first kappa shape index (κ1) is 19.4. The summed E-state index contributed by atoms with van der Waals surface area (Å²) in [5.41, 5.74) is 2.96. The van der Waals surface area contributed by atoms with Crippen molar-refractivity contribution < 1.29 is 14.3 Å². The first-order valence-corrected chi connectivity index (χ1v) is 9.82. The van der Waals surface area contributed by atoms with E-state index < -0.39 is 5.76 Å². The van der Waals surface area contributed by atoms with E-state index in [9.17, 15) is 14.7 Å². The number of benzene rings is 2. The number of carbonyl (C=O) groups excluding carboxylic acids is 1. The molecule has 7 heteroatoms. The molecule has 4 rings (SSSR count). The number of hydrogen-bond acceptors (Lipinski definition) is 5. The van der Waals surface area contributed by atoms with E-state index in [1.807, 2.05) is 37.4 Å². The van der Waals surface area contributed by atoms with Gasteiger partial charge in [-0.1, -0.05) is 36.4 Å². The summed E-state index contributed by atoms with van der Waals surface area (Å²) < 4.78 is 5.02. The number of carbonyl (C=O) groups is 1. The van der Waals surface area contributed by atoms with Crippen LogP contribution in [0.5, 0.6) is 0 Å². The summed E-state index contributed by atoms with van der Waals surface area (Å²) in [5.74, 6) is -0.513. The van der Waals surface area contributed by atoms with Crippen molar-refractivity contribution in [2.45, 2.75) is 25.0 Å². The SMILES string of the molecule is CN(C(=O)Cc1ccc2oc(=O)[nH]c2c1)C(CN1CCC(O)C1)c1ccccc1. The Hall–Kier alpha value is -2.90. The number of aromatic nitrogens is 1. The quantitative estimate of drug-likeness (QED) is 0.666. The topological polar surface area (TPSA) is 89.8 Å². The lowest BCUT2D eigenvalue weighted by Crippen LogP contribution is -2.39. The Morgan fingerprint density at radius 1 is 1.31 bits per heavy atom. The van der Waals surface area contributed by atoms with Crippen LogP contribution in [0.4, 0.5) is 0 Å². The highest BCUT2D eigenvalue weighted by Gasteiger charge is 2.28. The summed E-state index contributed by atoms with van der Waals surface area (Å²) in [7, 11) is 1.82. The lowest BCUT2D eigenvalue weighted by molar-refractivity contribution is -0.131. The summed E-state index contributed by atoms with van der Waals surface area (Å²) in [4.78, 5) is 31.0. The van der Waals surface area contributed by atoms with E-state index in [4.69, 9.17) is 4.42 Å². The van der Waals surface area contributed by atoms with Gasteiger partial charge in [-0.05, 0) is 29.7 Å². The van der Waals surface area contributed by atoms with Crippen LogP contribution in [0.25, 0.3) is 11.1 Å². The second kappa shape index (κ2) is 8.23. The Morgan fingerprint density at radius 3 is 2.83 bits per heavy atom. The zero-order chi connectivity index (χ0) is 20.4. The normalized spacial score (nSPS) is 18.2. The highest BCUT2D eigenvalue weighted by atomic mass is 16.4. The molecule has 0 radical (unpaired) electrons. The molecule has 2 heterocycles. The number of nitrogens with zero attached hydrogens (tertiary/aromatic N) is 2. The Balaban J connectivity index is 1.52. The molecule has 1 aliphatic heterocycles. The van der Waals surface area contributed by atoms with Crippen molar-refractivity contribution in [2.24, 2.45) is 0 Å². The fourth-order valence-electron chi connectivity index (χ4n) is 3.93. The highest BCUT2D eigenvalue weighted by molar-refractivity contribution is 5.81. The molecular weight excluding hydrogens is 370 g/mol. The summed E-state index contributed by atoms with van der Waals surface area (Å²) >= 11 is 0. The van der Waals surface area contributed by atoms with Gasteiger partial charge >= 0.3 is 5.76 Å². The van der Waals surface area contributed by atoms with E-state index in [0.29, 0.717) is 24.2 Å².